The minimum Gasteiger partial charge on any atom is -0.382 e. The SMILES string of the molecule is Cc1cc(C)c(NC2CCN3CCCC3C2)c(C)c1. The summed E-state index contributed by atoms with van der Waals surface area (Å²) in [6.45, 7) is 9.26. The highest BCUT2D eigenvalue weighted by molar-refractivity contribution is 5.58. The molecule has 2 heteroatoms. The molecule has 0 bridgehead atoms. The molecule has 1 aromatic rings. The molecule has 2 atom stereocenters. The Morgan fingerprint density at radius 2 is 1.79 bits per heavy atom. The van der Waals surface area contributed by atoms with E-state index in [1.807, 2.05) is 0 Å². The second-order valence-corrected chi connectivity index (χ2v) is 6.47. The lowest BCUT2D eigenvalue weighted by Crippen LogP contribution is -2.42. The Bertz CT molecular complexity index is 443. The van der Waals surface area contributed by atoms with Crippen LogP contribution in [-0.4, -0.2) is 30.1 Å². The molecule has 19 heavy (non-hydrogen) atoms. The van der Waals surface area contributed by atoms with Crippen molar-refractivity contribution in [2.75, 3.05) is 18.4 Å². The Morgan fingerprint density at radius 3 is 2.53 bits per heavy atom. The molecule has 2 fully saturated rings. The van der Waals surface area contributed by atoms with Crippen LogP contribution in [0.25, 0.3) is 0 Å². The van der Waals surface area contributed by atoms with Gasteiger partial charge in [0.25, 0.3) is 0 Å². The van der Waals surface area contributed by atoms with Gasteiger partial charge in [-0.15, -0.1) is 0 Å². The zero-order valence-electron chi connectivity index (χ0n) is 12.5. The van der Waals surface area contributed by atoms with Gasteiger partial charge in [0.1, 0.15) is 0 Å². The van der Waals surface area contributed by atoms with Crippen LogP contribution in [0.4, 0.5) is 5.69 Å². The van der Waals surface area contributed by atoms with Crippen LogP contribution >= 0.6 is 0 Å². The van der Waals surface area contributed by atoms with E-state index in [4.69, 9.17) is 0 Å². The first-order chi connectivity index (χ1) is 9.13. The second kappa shape index (κ2) is 5.16. The van der Waals surface area contributed by atoms with Crippen LogP contribution in [-0.2, 0) is 0 Å². The van der Waals surface area contributed by atoms with Crippen LogP contribution in [0.15, 0.2) is 12.1 Å². The predicted octanol–water partition coefficient (Wildman–Crippen LogP) is 3.65. The molecule has 2 unspecified atom stereocenters. The summed E-state index contributed by atoms with van der Waals surface area (Å²) in [4.78, 5) is 2.69. The van der Waals surface area contributed by atoms with E-state index < -0.39 is 0 Å². The summed E-state index contributed by atoms with van der Waals surface area (Å²) in [5, 5.41) is 3.83. The van der Waals surface area contributed by atoms with Gasteiger partial charge in [-0.25, -0.2) is 0 Å². The monoisotopic (exact) mass is 258 g/mol. The lowest BCUT2D eigenvalue weighted by Gasteiger charge is -2.36. The van der Waals surface area contributed by atoms with E-state index in [1.165, 1.54) is 61.2 Å². The molecule has 0 saturated carbocycles. The van der Waals surface area contributed by atoms with Crippen molar-refractivity contribution in [1.82, 2.24) is 4.90 Å². The van der Waals surface area contributed by atoms with Crippen molar-refractivity contribution < 1.29 is 0 Å². The van der Waals surface area contributed by atoms with Gasteiger partial charge in [-0.05, 0) is 64.1 Å². The molecule has 2 aliphatic rings. The van der Waals surface area contributed by atoms with Gasteiger partial charge in [0, 0.05) is 24.3 Å². The molecular formula is C17H26N2. The Morgan fingerprint density at radius 1 is 1.05 bits per heavy atom. The smallest absolute Gasteiger partial charge is 0.0401 e. The molecule has 0 aromatic heterocycles. The topological polar surface area (TPSA) is 15.3 Å². The minimum absolute atomic E-state index is 0.666. The highest BCUT2D eigenvalue weighted by Gasteiger charge is 2.31. The van der Waals surface area contributed by atoms with Gasteiger partial charge in [0.2, 0.25) is 0 Å². The van der Waals surface area contributed by atoms with Gasteiger partial charge in [-0.3, -0.25) is 0 Å². The number of benzene rings is 1. The number of hydrogen-bond donors (Lipinski definition) is 1. The predicted molar refractivity (Wildman–Crippen MR) is 81.9 cm³/mol. The maximum atomic E-state index is 3.83. The van der Waals surface area contributed by atoms with Gasteiger partial charge >= 0.3 is 0 Å². The molecule has 0 spiro atoms. The van der Waals surface area contributed by atoms with Crippen molar-refractivity contribution in [3.63, 3.8) is 0 Å². The number of fused-ring (bicyclic) bond motifs is 1. The quantitative estimate of drug-likeness (QED) is 0.871. The number of rotatable bonds is 2. The highest BCUT2D eigenvalue weighted by Crippen LogP contribution is 2.30. The number of piperidine rings is 1. The third-order valence-electron chi connectivity index (χ3n) is 4.85. The fourth-order valence-electron chi connectivity index (χ4n) is 3.97. The third kappa shape index (κ3) is 2.64. The average Bonchev–Trinajstić information content (AvgIpc) is 2.81. The second-order valence-electron chi connectivity index (χ2n) is 6.47. The first-order valence-corrected chi connectivity index (χ1v) is 7.72. The molecular weight excluding hydrogens is 232 g/mol. The zero-order chi connectivity index (χ0) is 13.4. The first-order valence-electron chi connectivity index (χ1n) is 7.72. The lowest BCUT2D eigenvalue weighted by molar-refractivity contribution is 0.188. The molecule has 0 radical (unpaired) electrons. The normalized spacial score (nSPS) is 27.3. The van der Waals surface area contributed by atoms with Gasteiger partial charge in [0.15, 0.2) is 0 Å². The molecule has 1 aromatic carbocycles. The van der Waals surface area contributed by atoms with Crippen molar-refractivity contribution in [3.8, 4) is 0 Å². The number of anilines is 1. The van der Waals surface area contributed by atoms with Gasteiger partial charge in [-0.2, -0.15) is 0 Å². The molecule has 2 nitrogen and oxygen atoms in total. The average molecular weight is 258 g/mol. The van der Waals surface area contributed by atoms with Gasteiger partial charge in [-0.1, -0.05) is 17.7 Å². The van der Waals surface area contributed by atoms with Gasteiger partial charge < -0.3 is 10.2 Å². The molecule has 3 rings (SSSR count). The minimum atomic E-state index is 0.666. The van der Waals surface area contributed by atoms with Crippen molar-refractivity contribution in [2.45, 2.75) is 58.5 Å². The molecule has 104 valence electrons. The summed E-state index contributed by atoms with van der Waals surface area (Å²) < 4.78 is 0. The van der Waals surface area contributed by atoms with Gasteiger partial charge in [0.05, 0.1) is 0 Å². The zero-order valence-corrected chi connectivity index (χ0v) is 12.5. The fourth-order valence-corrected chi connectivity index (χ4v) is 3.97. The summed E-state index contributed by atoms with van der Waals surface area (Å²) in [7, 11) is 0. The summed E-state index contributed by atoms with van der Waals surface area (Å²) >= 11 is 0. The fraction of sp³-hybridized carbons (Fsp3) is 0.647. The van der Waals surface area contributed by atoms with Crippen LogP contribution in [0.1, 0.15) is 42.4 Å². The third-order valence-corrected chi connectivity index (χ3v) is 4.85. The maximum absolute atomic E-state index is 3.83. The van der Waals surface area contributed by atoms with E-state index in [0.29, 0.717) is 6.04 Å². The van der Waals surface area contributed by atoms with Crippen LogP contribution in [0.3, 0.4) is 0 Å². The molecule has 2 aliphatic heterocycles. The van der Waals surface area contributed by atoms with Crippen molar-refractivity contribution in [3.05, 3.63) is 28.8 Å². The molecule has 0 aliphatic carbocycles. The van der Waals surface area contributed by atoms with Crippen molar-refractivity contribution >= 4 is 5.69 Å². The Balaban J connectivity index is 1.72. The maximum Gasteiger partial charge on any atom is 0.0401 e. The summed E-state index contributed by atoms with van der Waals surface area (Å²) in [6.07, 6.45) is 5.43. The number of hydrogen-bond acceptors (Lipinski definition) is 2. The Labute approximate surface area is 117 Å². The highest BCUT2D eigenvalue weighted by atomic mass is 15.2. The van der Waals surface area contributed by atoms with E-state index in [9.17, 15) is 0 Å². The van der Waals surface area contributed by atoms with Crippen LogP contribution in [0.5, 0.6) is 0 Å². The lowest BCUT2D eigenvalue weighted by atomic mass is 9.96. The number of nitrogens with zero attached hydrogens (tertiary/aromatic N) is 1. The molecule has 1 N–H and O–H groups in total. The van der Waals surface area contributed by atoms with Crippen molar-refractivity contribution in [2.24, 2.45) is 0 Å². The molecule has 2 heterocycles. The summed E-state index contributed by atoms with van der Waals surface area (Å²) in [6, 6.07) is 6.09. The van der Waals surface area contributed by atoms with E-state index in [1.54, 1.807) is 0 Å². The number of aryl methyl sites for hydroxylation is 3. The summed E-state index contributed by atoms with van der Waals surface area (Å²) in [5.41, 5.74) is 5.53. The van der Waals surface area contributed by atoms with Crippen LogP contribution in [0.2, 0.25) is 0 Å². The first kappa shape index (κ1) is 13.0. The molecule has 2 saturated heterocycles. The van der Waals surface area contributed by atoms with E-state index in [2.05, 4.69) is 43.1 Å². The largest absolute Gasteiger partial charge is 0.382 e. The molecule has 0 amide bonds. The number of nitrogens with one attached hydrogen (secondary N) is 1. The van der Waals surface area contributed by atoms with E-state index in [-0.39, 0.29) is 0 Å². The summed E-state index contributed by atoms with van der Waals surface area (Å²) in [5.74, 6) is 0. The van der Waals surface area contributed by atoms with E-state index in [0.717, 1.165) is 6.04 Å². The van der Waals surface area contributed by atoms with Crippen LogP contribution in [0, 0.1) is 20.8 Å². The van der Waals surface area contributed by atoms with Crippen LogP contribution < -0.4 is 5.32 Å². The van der Waals surface area contributed by atoms with E-state index >= 15 is 0 Å². The Hall–Kier alpha value is -1.02. The standard InChI is InChI=1S/C17H26N2/c1-12-9-13(2)17(14(3)10-12)18-15-6-8-19-7-4-5-16(19)11-15/h9-10,15-16,18H,4-8,11H2,1-3H3. The Kier molecular flexibility index (Phi) is 3.53. The van der Waals surface area contributed by atoms with Crippen molar-refractivity contribution in [1.29, 1.82) is 0 Å².